The maximum absolute atomic E-state index is 13.1. The van der Waals surface area contributed by atoms with E-state index in [9.17, 15) is 22.4 Å². The van der Waals surface area contributed by atoms with Gasteiger partial charge < -0.3 is 14.6 Å². The highest BCUT2D eigenvalue weighted by atomic mass is 32.2. The average Bonchev–Trinajstić information content (AvgIpc) is 3.08. The Kier molecular flexibility index (Phi) is 6.51. The summed E-state index contributed by atoms with van der Waals surface area (Å²) in [5.74, 6) is -1.74. The van der Waals surface area contributed by atoms with Gasteiger partial charge in [0.05, 0.1) is 17.3 Å². The average molecular weight is 432 g/mol. The van der Waals surface area contributed by atoms with Crippen molar-refractivity contribution in [2.75, 3.05) is 13.2 Å². The molecule has 0 saturated heterocycles. The highest BCUT2D eigenvalue weighted by Gasteiger charge is 2.22. The highest BCUT2D eigenvalue weighted by Crippen LogP contribution is 2.28. The zero-order valence-corrected chi connectivity index (χ0v) is 17.1. The van der Waals surface area contributed by atoms with E-state index >= 15 is 0 Å². The van der Waals surface area contributed by atoms with Crippen LogP contribution in [0.2, 0.25) is 0 Å². The zero-order chi connectivity index (χ0) is 21.7. The highest BCUT2D eigenvalue weighted by molar-refractivity contribution is 7.90. The maximum Gasteiger partial charge on any atom is 0.325 e. The number of carbonyl (C=O) groups is 2. The summed E-state index contributed by atoms with van der Waals surface area (Å²) in [6, 6.07) is 12.1. The molecule has 9 heteroatoms. The van der Waals surface area contributed by atoms with E-state index in [0.29, 0.717) is 16.5 Å². The minimum Gasteiger partial charge on any atom is -0.465 e. The molecule has 1 heterocycles. The zero-order valence-electron chi connectivity index (χ0n) is 16.3. The molecule has 0 aliphatic rings. The summed E-state index contributed by atoms with van der Waals surface area (Å²) in [4.78, 5) is 23.7. The van der Waals surface area contributed by atoms with Gasteiger partial charge in [0.2, 0.25) is 5.91 Å². The number of esters is 1. The summed E-state index contributed by atoms with van der Waals surface area (Å²) in [6.45, 7) is 1.46. The van der Waals surface area contributed by atoms with E-state index in [-0.39, 0.29) is 30.3 Å². The largest absolute Gasteiger partial charge is 0.465 e. The SMILES string of the molecule is CCOC(=O)CNC(=O)Cn1cc(S(=O)(=O)Cc2ccc(F)cc2)c2ccccc21. The van der Waals surface area contributed by atoms with Crippen LogP contribution in [0.25, 0.3) is 10.9 Å². The molecule has 1 N–H and O–H groups in total. The summed E-state index contributed by atoms with van der Waals surface area (Å²) in [5, 5.41) is 2.94. The van der Waals surface area contributed by atoms with Crippen LogP contribution in [-0.2, 0) is 36.5 Å². The van der Waals surface area contributed by atoms with Gasteiger partial charge in [0.25, 0.3) is 0 Å². The molecular weight excluding hydrogens is 411 g/mol. The first-order chi connectivity index (χ1) is 14.3. The number of ether oxygens (including phenoxy) is 1. The molecule has 158 valence electrons. The van der Waals surface area contributed by atoms with Crippen molar-refractivity contribution in [1.82, 2.24) is 9.88 Å². The molecule has 0 saturated carbocycles. The fourth-order valence-corrected chi connectivity index (χ4v) is 4.65. The predicted molar refractivity (Wildman–Crippen MR) is 109 cm³/mol. The number of hydrogen-bond acceptors (Lipinski definition) is 5. The van der Waals surface area contributed by atoms with Gasteiger partial charge in [-0.05, 0) is 30.7 Å². The van der Waals surface area contributed by atoms with Gasteiger partial charge in [-0.3, -0.25) is 9.59 Å². The van der Waals surface area contributed by atoms with Gasteiger partial charge in [0.1, 0.15) is 18.9 Å². The third kappa shape index (κ3) is 5.04. The number of carbonyl (C=O) groups excluding carboxylic acids is 2. The number of aromatic nitrogens is 1. The van der Waals surface area contributed by atoms with E-state index in [4.69, 9.17) is 4.74 Å². The Bertz CT molecular complexity index is 1170. The van der Waals surface area contributed by atoms with Gasteiger partial charge in [-0.1, -0.05) is 30.3 Å². The Morgan fingerprint density at radius 3 is 2.50 bits per heavy atom. The van der Waals surface area contributed by atoms with E-state index in [1.54, 1.807) is 31.2 Å². The van der Waals surface area contributed by atoms with Crippen molar-refractivity contribution in [3.8, 4) is 0 Å². The molecule has 0 spiro atoms. The number of para-hydroxylation sites is 1. The number of halogens is 1. The molecule has 30 heavy (non-hydrogen) atoms. The Balaban J connectivity index is 1.85. The molecule has 0 aliphatic carbocycles. The van der Waals surface area contributed by atoms with Gasteiger partial charge in [-0.25, -0.2) is 12.8 Å². The van der Waals surface area contributed by atoms with Crippen molar-refractivity contribution in [3.63, 3.8) is 0 Å². The first-order valence-corrected chi connectivity index (χ1v) is 10.9. The predicted octanol–water partition coefficient (Wildman–Crippen LogP) is 2.43. The molecule has 0 bridgehead atoms. The summed E-state index contributed by atoms with van der Waals surface area (Å²) in [6.07, 6.45) is 1.41. The first-order valence-electron chi connectivity index (χ1n) is 9.27. The molecule has 0 fully saturated rings. The molecule has 0 atom stereocenters. The number of sulfone groups is 1. The Morgan fingerprint density at radius 2 is 1.80 bits per heavy atom. The molecular formula is C21H21FN2O5S. The number of hydrogen-bond donors (Lipinski definition) is 1. The normalized spacial score (nSPS) is 11.4. The summed E-state index contributed by atoms with van der Waals surface area (Å²) in [5.41, 5.74) is 1.03. The molecule has 2 aromatic carbocycles. The van der Waals surface area contributed by atoms with Gasteiger partial charge in [-0.2, -0.15) is 0 Å². The van der Waals surface area contributed by atoms with E-state index in [1.165, 1.54) is 35.0 Å². The van der Waals surface area contributed by atoms with Crippen molar-refractivity contribution in [2.45, 2.75) is 24.1 Å². The molecule has 3 aromatic rings. The van der Waals surface area contributed by atoms with E-state index in [1.807, 2.05) is 0 Å². The molecule has 7 nitrogen and oxygen atoms in total. The summed E-state index contributed by atoms with van der Waals surface area (Å²) in [7, 11) is -3.75. The quantitative estimate of drug-likeness (QED) is 0.552. The minimum absolute atomic E-state index is 0.0839. The summed E-state index contributed by atoms with van der Waals surface area (Å²) >= 11 is 0. The lowest BCUT2D eigenvalue weighted by Gasteiger charge is -2.07. The van der Waals surface area contributed by atoms with Crippen molar-refractivity contribution < 1.29 is 27.1 Å². The molecule has 1 aromatic heterocycles. The Morgan fingerprint density at radius 1 is 1.10 bits per heavy atom. The van der Waals surface area contributed by atoms with Crippen molar-refractivity contribution in [3.05, 3.63) is 66.1 Å². The standard InChI is InChI=1S/C21H21FN2O5S/c1-2-29-21(26)11-23-20(25)13-24-12-19(17-5-3-4-6-18(17)24)30(27,28)14-15-7-9-16(22)10-8-15/h3-10,12H,2,11,13-14H2,1H3,(H,23,25). The van der Waals surface area contributed by atoms with E-state index in [2.05, 4.69) is 5.32 Å². The van der Waals surface area contributed by atoms with Crippen molar-refractivity contribution in [1.29, 1.82) is 0 Å². The number of nitrogens with one attached hydrogen (secondary N) is 1. The van der Waals surface area contributed by atoms with Crippen LogP contribution in [0.15, 0.2) is 59.6 Å². The third-order valence-corrected chi connectivity index (χ3v) is 6.12. The van der Waals surface area contributed by atoms with Crippen LogP contribution in [-0.4, -0.2) is 38.0 Å². The minimum atomic E-state index is -3.75. The molecule has 0 aliphatic heterocycles. The molecule has 0 radical (unpaired) electrons. The van der Waals surface area contributed by atoms with Crippen LogP contribution >= 0.6 is 0 Å². The monoisotopic (exact) mass is 432 g/mol. The third-order valence-electron chi connectivity index (χ3n) is 4.41. The number of rotatable bonds is 8. The fourth-order valence-electron chi connectivity index (χ4n) is 3.06. The van der Waals surface area contributed by atoms with E-state index in [0.717, 1.165) is 0 Å². The van der Waals surface area contributed by atoms with Crippen LogP contribution in [0.4, 0.5) is 4.39 Å². The number of benzene rings is 2. The fraction of sp³-hybridized carbons (Fsp3) is 0.238. The first kappa shape index (κ1) is 21.5. The van der Waals surface area contributed by atoms with Crippen LogP contribution in [0.1, 0.15) is 12.5 Å². The number of fused-ring (bicyclic) bond motifs is 1. The lowest BCUT2D eigenvalue weighted by Crippen LogP contribution is -2.33. The van der Waals surface area contributed by atoms with Gasteiger partial charge in [-0.15, -0.1) is 0 Å². The van der Waals surface area contributed by atoms with Crippen LogP contribution < -0.4 is 5.32 Å². The molecule has 0 unspecified atom stereocenters. The topological polar surface area (TPSA) is 94.5 Å². The van der Waals surface area contributed by atoms with Crippen LogP contribution in [0.3, 0.4) is 0 Å². The van der Waals surface area contributed by atoms with Gasteiger partial charge >= 0.3 is 5.97 Å². The van der Waals surface area contributed by atoms with Crippen LogP contribution in [0, 0.1) is 5.82 Å². The van der Waals surface area contributed by atoms with Crippen molar-refractivity contribution >= 4 is 32.6 Å². The van der Waals surface area contributed by atoms with E-state index < -0.39 is 27.5 Å². The Labute approximate surface area is 173 Å². The molecule has 3 rings (SSSR count). The maximum atomic E-state index is 13.1. The molecule has 1 amide bonds. The number of amides is 1. The Hall–Kier alpha value is -3.20. The van der Waals surface area contributed by atoms with Crippen LogP contribution in [0.5, 0.6) is 0 Å². The lowest BCUT2D eigenvalue weighted by molar-refractivity contribution is -0.143. The second-order valence-corrected chi connectivity index (χ2v) is 8.56. The van der Waals surface area contributed by atoms with Gasteiger partial charge in [0.15, 0.2) is 9.84 Å². The van der Waals surface area contributed by atoms with Gasteiger partial charge in [0, 0.05) is 17.1 Å². The second kappa shape index (κ2) is 9.08. The number of nitrogens with zero attached hydrogens (tertiary/aromatic N) is 1. The smallest absolute Gasteiger partial charge is 0.325 e. The van der Waals surface area contributed by atoms with Crippen molar-refractivity contribution in [2.24, 2.45) is 0 Å². The second-order valence-electron chi connectivity index (χ2n) is 6.61. The summed E-state index contributed by atoms with van der Waals surface area (Å²) < 4.78 is 45.4. The lowest BCUT2D eigenvalue weighted by atomic mass is 10.2.